The fraction of sp³-hybridized carbons (Fsp3) is 0.417. The first-order valence-corrected chi connectivity index (χ1v) is 10.5. The smallest absolute Gasteiger partial charge is 0.304 e. The highest BCUT2D eigenvalue weighted by atomic mass is 19.4. The Balaban J connectivity index is 1.94. The van der Waals surface area contributed by atoms with Gasteiger partial charge in [0.25, 0.3) is 0 Å². The SMILES string of the molecule is Cc1cn2cc(F)cc(C(C)(C)Cc3c(F)cc(C(C)(C)C)c4nc(C(F)(F)F)cn34)c2n1. The second-order valence-corrected chi connectivity index (χ2v) is 10.2. The highest BCUT2D eigenvalue weighted by molar-refractivity contribution is 5.56. The Bertz CT molecular complexity index is 1370. The fourth-order valence-electron chi connectivity index (χ4n) is 4.22. The van der Waals surface area contributed by atoms with E-state index in [0.29, 0.717) is 22.5 Å². The van der Waals surface area contributed by atoms with Crippen LogP contribution in [0.25, 0.3) is 11.3 Å². The van der Waals surface area contributed by atoms with Crippen LogP contribution in [0.2, 0.25) is 0 Å². The number of hydrogen-bond acceptors (Lipinski definition) is 2. The molecule has 0 aliphatic carbocycles. The summed E-state index contributed by atoms with van der Waals surface area (Å²) in [5.41, 5.74) is -0.385. The molecule has 0 aliphatic heterocycles. The zero-order valence-electron chi connectivity index (χ0n) is 19.3. The van der Waals surface area contributed by atoms with Gasteiger partial charge < -0.3 is 8.80 Å². The number of aromatic nitrogens is 4. The van der Waals surface area contributed by atoms with E-state index >= 15 is 4.39 Å². The summed E-state index contributed by atoms with van der Waals surface area (Å²) < 4.78 is 73.0. The van der Waals surface area contributed by atoms with Crippen molar-refractivity contribution in [3.05, 3.63) is 70.6 Å². The van der Waals surface area contributed by atoms with Crippen molar-refractivity contribution in [2.45, 2.75) is 65.0 Å². The Morgan fingerprint density at radius 1 is 0.848 bits per heavy atom. The van der Waals surface area contributed by atoms with E-state index in [9.17, 15) is 17.6 Å². The van der Waals surface area contributed by atoms with Crippen LogP contribution in [0.5, 0.6) is 0 Å². The van der Waals surface area contributed by atoms with Gasteiger partial charge in [-0.2, -0.15) is 13.2 Å². The van der Waals surface area contributed by atoms with Gasteiger partial charge in [-0.25, -0.2) is 18.7 Å². The van der Waals surface area contributed by atoms with Gasteiger partial charge in [0.05, 0.1) is 11.4 Å². The lowest BCUT2D eigenvalue weighted by atomic mass is 9.80. The third-order valence-electron chi connectivity index (χ3n) is 5.86. The molecule has 0 saturated heterocycles. The molecule has 0 bridgehead atoms. The summed E-state index contributed by atoms with van der Waals surface area (Å²) in [5, 5.41) is 0. The second-order valence-electron chi connectivity index (χ2n) is 10.2. The van der Waals surface area contributed by atoms with Crippen molar-refractivity contribution in [2.75, 3.05) is 0 Å². The van der Waals surface area contributed by atoms with Crippen LogP contribution in [-0.2, 0) is 23.4 Å². The molecule has 0 unspecified atom stereocenters. The molecule has 0 spiro atoms. The number of alkyl halides is 3. The largest absolute Gasteiger partial charge is 0.434 e. The van der Waals surface area contributed by atoms with Gasteiger partial charge in [-0.05, 0) is 29.9 Å². The number of hydrogen-bond donors (Lipinski definition) is 0. The second kappa shape index (κ2) is 7.27. The molecule has 4 nitrogen and oxygen atoms in total. The summed E-state index contributed by atoms with van der Waals surface area (Å²) in [6.07, 6.45) is -0.859. The Labute approximate surface area is 188 Å². The number of nitrogens with zero attached hydrogens (tertiary/aromatic N) is 4. The maximum absolute atomic E-state index is 15.4. The highest BCUT2D eigenvalue weighted by Gasteiger charge is 2.36. The zero-order valence-corrected chi connectivity index (χ0v) is 19.3. The molecule has 33 heavy (non-hydrogen) atoms. The lowest BCUT2D eigenvalue weighted by molar-refractivity contribution is -0.140. The highest BCUT2D eigenvalue weighted by Crippen LogP contribution is 2.37. The average Bonchev–Trinajstić information content (AvgIpc) is 3.25. The first kappa shape index (κ1) is 23.2. The summed E-state index contributed by atoms with van der Waals surface area (Å²) in [6.45, 7) is 10.7. The molecule has 0 aromatic carbocycles. The predicted octanol–water partition coefficient (Wildman–Crippen LogP) is 6.41. The van der Waals surface area contributed by atoms with Gasteiger partial charge in [-0.15, -0.1) is 0 Å². The molecule has 9 heteroatoms. The average molecular weight is 464 g/mol. The molecule has 0 radical (unpaired) electrons. The van der Waals surface area contributed by atoms with E-state index in [4.69, 9.17) is 0 Å². The maximum atomic E-state index is 15.4. The molecule has 176 valence electrons. The minimum absolute atomic E-state index is 0.00155. The van der Waals surface area contributed by atoms with Crippen molar-refractivity contribution in [3.8, 4) is 0 Å². The molecular weight excluding hydrogens is 439 g/mol. The van der Waals surface area contributed by atoms with E-state index in [2.05, 4.69) is 9.97 Å². The molecular formula is C24H25F5N4. The van der Waals surface area contributed by atoms with Crippen LogP contribution in [0, 0.1) is 18.6 Å². The Morgan fingerprint density at radius 2 is 1.52 bits per heavy atom. The molecule has 0 aliphatic rings. The minimum atomic E-state index is -4.67. The lowest BCUT2D eigenvalue weighted by Crippen LogP contribution is -2.25. The molecule has 4 aromatic rings. The third-order valence-corrected chi connectivity index (χ3v) is 5.86. The van der Waals surface area contributed by atoms with E-state index in [0.717, 1.165) is 6.20 Å². The molecule has 0 fully saturated rings. The lowest BCUT2D eigenvalue weighted by Gasteiger charge is -2.28. The first-order chi connectivity index (χ1) is 15.1. The van der Waals surface area contributed by atoms with Crippen LogP contribution in [0.15, 0.2) is 30.7 Å². The molecule has 4 heterocycles. The van der Waals surface area contributed by atoms with Crippen molar-refractivity contribution in [3.63, 3.8) is 0 Å². The van der Waals surface area contributed by atoms with Crippen LogP contribution in [-0.4, -0.2) is 18.8 Å². The number of aryl methyl sites for hydroxylation is 1. The first-order valence-electron chi connectivity index (χ1n) is 10.5. The summed E-state index contributed by atoms with van der Waals surface area (Å²) in [7, 11) is 0. The van der Waals surface area contributed by atoms with Gasteiger partial charge in [0, 0.05) is 36.1 Å². The van der Waals surface area contributed by atoms with E-state index in [1.165, 1.54) is 22.7 Å². The normalized spacial score (nSPS) is 13.4. The molecule has 4 rings (SSSR count). The van der Waals surface area contributed by atoms with Crippen LogP contribution in [0.4, 0.5) is 22.0 Å². The van der Waals surface area contributed by atoms with Gasteiger partial charge in [-0.1, -0.05) is 34.6 Å². The molecule has 0 N–H and O–H groups in total. The maximum Gasteiger partial charge on any atom is 0.434 e. The predicted molar refractivity (Wildman–Crippen MR) is 115 cm³/mol. The number of pyridine rings is 2. The van der Waals surface area contributed by atoms with E-state index in [-0.39, 0.29) is 17.8 Å². The van der Waals surface area contributed by atoms with Crippen LogP contribution in [0.1, 0.15) is 62.8 Å². The van der Waals surface area contributed by atoms with Crippen LogP contribution < -0.4 is 0 Å². The number of fused-ring (bicyclic) bond motifs is 2. The van der Waals surface area contributed by atoms with Crippen molar-refractivity contribution in [1.82, 2.24) is 18.8 Å². The monoisotopic (exact) mass is 464 g/mol. The Hall–Kier alpha value is -2.97. The summed E-state index contributed by atoms with van der Waals surface area (Å²) in [5.74, 6) is -1.13. The number of imidazole rings is 2. The molecule has 4 aromatic heterocycles. The van der Waals surface area contributed by atoms with E-state index in [1.54, 1.807) is 52.1 Å². The summed E-state index contributed by atoms with van der Waals surface area (Å²) in [4.78, 5) is 8.28. The quantitative estimate of drug-likeness (QED) is 0.329. The van der Waals surface area contributed by atoms with Crippen LogP contribution >= 0.6 is 0 Å². The van der Waals surface area contributed by atoms with E-state index in [1.807, 2.05) is 0 Å². The van der Waals surface area contributed by atoms with Gasteiger partial charge in [0.2, 0.25) is 0 Å². The van der Waals surface area contributed by atoms with Gasteiger partial charge in [0.1, 0.15) is 22.9 Å². The minimum Gasteiger partial charge on any atom is -0.304 e. The fourth-order valence-corrected chi connectivity index (χ4v) is 4.22. The van der Waals surface area contributed by atoms with Crippen LogP contribution in [0.3, 0.4) is 0 Å². The number of halogens is 5. The zero-order chi connectivity index (χ0) is 24.5. The van der Waals surface area contributed by atoms with Gasteiger partial charge >= 0.3 is 6.18 Å². The van der Waals surface area contributed by atoms with Gasteiger partial charge in [0.15, 0.2) is 5.69 Å². The standard InChI is InChI=1S/C24H25F5N4/c1-13-10-32-11-14(25)7-16(20(32)30-13)23(5,6)9-18-17(26)8-15(22(2,3)4)21-31-19(12-33(18)21)24(27,28)29/h7-8,10-12H,9H2,1-6H3. The summed E-state index contributed by atoms with van der Waals surface area (Å²) >= 11 is 0. The van der Waals surface area contributed by atoms with Gasteiger partial charge in [-0.3, -0.25) is 0 Å². The topological polar surface area (TPSA) is 34.6 Å². The Kier molecular flexibility index (Phi) is 5.11. The number of rotatable bonds is 3. The van der Waals surface area contributed by atoms with E-state index < -0.39 is 34.3 Å². The van der Waals surface area contributed by atoms with Crippen molar-refractivity contribution < 1.29 is 22.0 Å². The summed E-state index contributed by atoms with van der Waals surface area (Å²) in [6, 6.07) is 2.60. The van der Waals surface area contributed by atoms with Crippen molar-refractivity contribution in [1.29, 1.82) is 0 Å². The van der Waals surface area contributed by atoms with Crippen molar-refractivity contribution in [2.24, 2.45) is 0 Å². The van der Waals surface area contributed by atoms with Crippen molar-refractivity contribution >= 4 is 11.3 Å². The molecule has 0 atom stereocenters. The Morgan fingerprint density at radius 3 is 2.12 bits per heavy atom. The third kappa shape index (κ3) is 4.09. The molecule has 0 amide bonds. The molecule has 0 saturated carbocycles.